The average Bonchev–Trinajstić information content (AvgIpc) is 3.06. The summed E-state index contributed by atoms with van der Waals surface area (Å²) in [5.41, 5.74) is 0.237. The molecule has 0 aliphatic heterocycles. The van der Waals surface area contributed by atoms with Gasteiger partial charge in [-0.2, -0.15) is 8.78 Å². The molecule has 0 bridgehead atoms. The maximum Gasteiger partial charge on any atom is 0.296 e. The van der Waals surface area contributed by atoms with E-state index < -0.39 is 16.8 Å². The van der Waals surface area contributed by atoms with Crippen molar-refractivity contribution >= 4 is 22.9 Å². The first-order valence-corrected chi connectivity index (χ1v) is 7.83. The molecule has 0 aliphatic rings. The molecule has 0 spiro atoms. The molecule has 0 aromatic carbocycles. The van der Waals surface area contributed by atoms with Crippen molar-refractivity contribution in [2.45, 2.75) is 12.8 Å². The second kappa shape index (κ2) is 6.85. The summed E-state index contributed by atoms with van der Waals surface area (Å²) in [5.74, 6) is -2.95. The van der Waals surface area contributed by atoms with Crippen LogP contribution >= 0.6 is 11.3 Å². The van der Waals surface area contributed by atoms with Gasteiger partial charge in [-0.15, -0.1) is 11.3 Å². The van der Waals surface area contributed by atoms with Gasteiger partial charge < -0.3 is 10.1 Å². The van der Waals surface area contributed by atoms with Crippen LogP contribution in [0.5, 0.6) is 11.5 Å². The molecule has 1 N–H and O–H groups in total. The third kappa shape index (κ3) is 4.29. The van der Waals surface area contributed by atoms with Gasteiger partial charge in [-0.3, -0.25) is 9.78 Å². The number of carbonyl (C=O) groups is 1. The Balaban J connectivity index is 1.71. The van der Waals surface area contributed by atoms with E-state index in [1.807, 2.05) is 0 Å². The number of thiazole rings is 1. The van der Waals surface area contributed by atoms with Crippen molar-refractivity contribution in [2.24, 2.45) is 0 Å². The summed E-state index contributed by atoms with van der Waals surface area (Å²) >= 11 is 0.724. The van der Waals surface area contributed by atoms with Crippen LogP contribution in [-0.4, -0.2) is 25.8 Å². The fraction of sp³-hybridized carbons (Fsp3) is 0.133. The number of amides is 1. The average molecular weight is 363 g/mol. The second-order valence-electron chi connectivity index (χ2n) is 4.97. The number of rotatable bonds is 5. The Kier molecular flexibility index (Phi) is 4.61. The van der Waals surface area contributed by atoms with E-state index in [2.05, 4.69) is 25.3 Å². The molecule has 25 heavy (non-hydrogen) atoms. The first-order chi connectivity index (χ1) is 11.9. The van der Waals surface area contributed by atoms with Crippen LogP contribution in [0, 0.1) is 0 Å². The molecule has 10 heteroatoms. The van der Waals surface area contributed by atoms with Crippen LogP contribution in [0.4, 0.5) is 14.5 Å². The van der Waals surface area contributed by atoms with Gasteiger partial charge in [-0.1, -0.05) is 0 Å². The normalized spacial score (nSPS) is 11.2. The summed E-state index contributed by atoms with van der Waals surface area (Å²) in [5, 5.41) is 3.39. The zero-order valence-corrected chi connectivity index (χ0v) is 13.6. The molecule has 3 heterocycles. The number of nitrogens with zero attached hydrogens (tertiary/aromatic N) is 4. The molecule has 3 aromatic rings. The maximum atomic E-state index is 13.2. The predicted octanol–water partition coefficient (Wildman–Crippen LogP) is 3.48. The van der Waals surface area contributed by atoms with Crippen molar-refractivity contribution in [3.05, 3.63) is 53.3 Å². The minimum Gasteiger partial charge on any atom is -0.452 e. The molecule has 0 saturated heterocycles. The van der Waals surface area contributed by atoms with E-state index >= 15 is 0 Å². The molecular formula is C15H11F2N5O2S. The molecule has 3 rings (SSSR count). The van der Waals surface area contributed by atoms with E-state index in [4.69, 9.17) is 4.74 Å². The second-order valence-corrected chi connectivity index (χ2v) is 5.82. The standard InChI is InChI=1S/C15H11F2N5O2S/c1-15(16,17)14-22-12(7-25-14)13(23)21-9-2-10(4-18-3-9)24-11-5-19-8-20-6-11/h2-8H,1H3,(H,21,23). The summed E-state index contributed by atoms with van der Waals surface area (Å²) in [6.45, 7) is 0.728. The Morgan fingerprint density at radius 3 is 2.56 bits per heavy atom. The SMILES string of the molecule is CC(F)(F)c1nc(C(=O)Nc2cncc(Oc3cncnc3)c2)cs1. The first kappa shape index (κ1) is 16.8. The van der Waals surface area contributed by atoms with E-state index in [1.165, 1.54) is 42.6 Å². The smallest absolute Gasteiger partial charge is 0.296 e. The molecule has 0 radical (unpaired) electrons. The van der Waals surface area contributed by atoms with Gasteiger partial charge in [0.15, 0.2) is 10.8 Å². The summed E-state index contributed by atoms with van der Waals surface area (Å²) in [6, 6.07) is 1.53. The van der Waals surface area contributed by atoms with E-state index in [0.717, 1.165) is 18.3 Å². The third-order valence-electron chi connectivity index (χ3n) is 2.86. The molecule has 0 fully saturated rings. The summed E-state index contributed by atoms with van der Waals surface area (Å²) in [4.78, 5) is 27.4. The number of alkyl halides is 2. The van der Waals surface area contributed by atoms with Gasteiger partial charge in [0.05, 0.1) is 30.5 Å². The van der Waals surface area contributed by atoms with Gasteiger partial charge in [-0.05, 0) is 0 Å². The first-order valence-electron chi connectivity index (χ1n) is 6.95. The lowest BCUT2D eigenvalue weighted by atomic mass is 10.3. The zero-order valence-electron chi connectivity index (χ0n) is 12.8. The van der Waals surface area contributed by atoms with Gasteiger partial charge in [0.1, 0.15) is 17.8 Å². The number of anilines is 1. The van der Waals surface area contributed by atoms with Crippen molar-refractivity contribution in [2.75, 3.05) is 5.32 Å². The van der Waals surface area contributed by atoms with Crippen LogP contribution in [0.2, 0.25) is 0 Å². The number of ether oxygens (including phenoxy) is 1. The van der Waals surface area contributed by atoms with Crippen LogP contribution in [0.3, 0.4) is 0 Å². The maximum absolute atomic E-state index is 13.2. The minimum absolute atomic E-state index is 0.0932. The van der Waals surface area contributed by atoms with Crippen molar-refractivity contribution in [1.82, 2.24) is 19.9 Å². The number of hydrogen-bond donors (Lipinski definition) is 1. The predicted molar refractivity (Wildman–Crippen MR) is 86.0 cm³/mol. The van der Waals surface area contributed by atoms with Gasteiger partial charge in [0.2, 0.25) is 0 Å². The highest BCUT2D eigenvalue weighted by Crippen LogP contribution is 2.30. The lowest BCUT2D eigenvalue weighted by Crippen LogP contribution is -2.14. The zero-order chi connectivity index (χ0) is 17.9. The summed E-state index contributed by atoms with van der Waals surface area (Å²) in [6.07, 6.45) is 7.15. The monoisotopic (exact) mass is 363 g/mol. The summed E-state index contributed by atoms with van der Waals surface area (Å²) < 4.78 is 31.9. The molecule has 0 atom stereocenters. The Bertz CT molecular complexity index is 883. The van der Waals surface area contributed by atoms with Crippen molar-refractivity contribution in [1.29, 1.82) is 0 Å². The number of halogens is 2. The van der Waals surface area contributed by atoms with Gasteiger partial charge >= 0.3 is 0 Å². The molecule has 0 unspecified atom stereocenters. The molecule has 0 saturated carbocycles. The highest BCUT2D eigenvalue weighted by molar-refractivity contribution is 7.10. The number of carbonyl (C=O) groups excluding carboxylic acids is 1. The van der Waals surface area contributed by atoms with E-state index in [-0.39, 0.29) is 5.69 Å². The summed E-state index contributed by atoms with van der Waals surface area (Å²) in [7, 11) is 0. The molecule has 3 aromatic heterocycles. The Morgan fingerprint density at radius 1 is 1.16 bits per heavy atom. The molecule has 128 valence electrons. The van der Waals surface area contributed by atoms with Crippen LogP contribution in [0.25, 0.3) is 0 Å². The number of hydrogen-bond acceptors (Lipinski definition) is 7. The number of pyridine rings is 1. The van der Waals surface area contributed by atoms with E-state index in [1.54, 1.807) is 0 Å². The van der Waals surface area contributed by atoms with Crippen LogP contribution in [0.15, 0.2) is 42.6 Å². The topological polar surface area (TPSA) is 89.9 Å². The molecular weight excluding hydrogens is 352 g/mol. The Hall–Kier alpha value is -3.01. The number of nitrogens with one attached hydrogen (secondary N) is 1. The van der Waals surface area contributed by atoms with Crippen LogP contribution in [-0.2, 0) is 5.92 Å². The molecule has 0 aliphatic carbocycles. The van der Waals surface area contributed by atoms with E-state index in [0.29, 0.717) is 17.2 Å². The molecule has 7 nitrogen and oxygen atoms in total. The van der Waals surface area contributed by atoms with E-state index in [9.17, 15) is 13.6 Å². The quantitative estimate of drug-likeness (QED) is 0.746. The number of aromatic nitrogens is 4. The van der Waals surface area contributed by atoms with Crippen molar-refractivity contribution in [3.63, 3.8) is 0 Å². The Morgan fingerprint density at radius 2 is 1.88 bits per heavy atom. The van der Waals surface area contributed by atoms with Gasteiger partial charge in [0.25, 0.3) is 11.8 Å². The lowest BCUT2D eigenvalue weighted by Gasteiger charge is -2.07. The van der Waals surface area contributed by atoms with Gasteiger partial charge in [-0.25, -0.2) is 15.0 Å². The highest BCUT2D eigenvalue weighted by Gasteiger charge is 2.29. The third-order valence-corrected chi connectivity index (χ3v) is 3.87. The fourth-order valence-electron chi connectivity index (χ4n) is 1.79. The molecule has 1 amide bonds. The van der Waals surface area contributed by atoms with Crippen LogP contribution < -0.4 is 10.1 Å². The van der Waals surface area contributed by atoms with Crippen molar-refractivity contribution < 1.29 is 18.3 Å². The fourth-order valence-corrected chi connectivity index (χ4v) is 2.53. The Labute approximate surface area is 144 Å². The highest BCUT2D eigenvalue weighted by atomic mass is 32.1. The minimum atomic E-state index is -3.09. The van der Waals surface area contributed by atoms with Crippen LogP contribution in [0.1, 0.15) is 22.4 Å². The largest absolute Gasteiger partial charge is 0.452 e. The van der Waals surface area contributed by atoms with Crippen molar-refractivity contribution in [3.8, 4) is 11.5 Å². The van der Waals surface area contributed by atoms with Gasteiger partial charge in [0, 0.05) is 18.4 Å². The lowest BCUT2D eigenvalue weighted by molar-refractivity contribution is 0.0171.